The molecule has 3 nitrogen and oxygen atoms in total. The third-order valence-corrected chi connectivity index (χ3v) is 36.8. The van der Waals surface area contributed by atoms with Crippen LogP contribution in [0.3, 0.4) is 0 Å². The SMILES string of the molecule is CCCCCP(CCCCC)(CCCCC)(CCCCC)OB(OP(CCCCC)(CCCCC)(CCCCC)CCCCC)OP(CCCCC)(CCCCC)(CCCCC)CCCCC. The standard InChI is InChI=1S/C60H132BO3P3/c1-13-25-37-49-65(50-38-26-14-2,51-39-27-15-3,52-40-28-16-4)62-61(63-66(53-41-29-17-5,54-42-30-18-6,55-43-31-19-7)56-44-32-20-8)64-67(57-45-33-21-9,58-46-34-22-10,59-47-35-23-11)60-48-36-24-12/h13-60H2,1-12H3. The van der Waals surface area contributed by atoms with Crippen LogP contribution in [0.1, 0.15) is 314 Å². The summed E-state index contributed by atoms with van der Waals surface area (Å²) in [6.45, 7) is 20.6. The van der Waals surface area contributed by atoms with Crippen molar-refractivity contribution in [2.45, 2.75) is 314 Å². The Bertz CT molecular complexity index is 817. The van der Waals surface area contributed by atoms with Gasteiger partial charge in [-0.25, -0.2) is 0 Å². The van der Waals surface area contributed by atoms with Crippen molar-refractivity contribution in [2.24, 2.45) is 0 Å². The minimum absolute atomic E-state index is 0.488. The van der Waals surface area contributed by atoms with E-state index in [1.165, 1.54) is 305 Å². The molecule has 0 spiro atoms. The number of hydrogen-bond donors (Lipinski definition) is 0. The molecule has 0 aliphatic heterocycles. The van der Waals surface area contributed by atoms with Gasteiger partial charge in [-0.15, -0.1) is 0 Å². The summed E-state index contributed by atoms with van der Waals surface area (Å²) in [6, 6.07) is 0. The van der Waals surface area contributed by atoms with E-state index < -0.39 is 27.8 Å². The van der Waals surface area contributed by atoms with Crippen LogP contribution >= 0.6 is 20.5 Å². The van der Waals surface area contributed by atoms with Crippen molar-refractivity contribution in [1.29, 1.82) is 0 Å². The summed E-state index contributed by atoms with van der Waals surface area (Å²) in [5.74, 6) is 0. The zero-order valence-electron chi connectivity index (χ0n) is 49.1. The van der Waals surface area contributed by atoms with E-state index in [0.29, 0.717) is 0 Å². The van der Waals surface area contributed by atoms with Crippen molar-refractivity contribution in [2.75, 3.05) is 73.9 Å². The monoisotopic (exact) mass is 1000 g/mol. The van der Waals surface area contributed by atoms with Crippen LogP contribution < -0.4 is 0 Å². The maximum atomic E-state index is 8.98. The van der Waals surface area contributed by atoms with Crippen molar-refractivity contribution in [3.63, 3.8) is 0 Å². The van der Waals surface area contributed by atoms with E-state index in [1.54, 1.807) is 0 Å². The fourth-order valence-electron chi connectivity index (χ4n) is 12.6. The molecule has 0 aliphatic rings. The average molecular weight is 1010 g/mol. The van der Waals surface area contributed by atoms with Gasteiger partial charge in [-0.2, -0.15) is 0 Å². The fourth-order valence-corrected chi connectivity index (χ4v) is 32.1. The Balaban J connectivity index is 9.28. The molecule has 67 heavy (non-hydrogen) atoms. The van der Waals surface area contributed by atoms with E-state index in [2.05, 4.69) is 83.1 Å². The summed E-state index contributed by atoms with van der Waals surface area (Å²) >= 11 is 0. The second-order valence-corrected chi connectivity index (χ2v) is 40.5. The normalized spacial score (nSPS) is 14.4. The van der Waals surface area contributed by atoms with Gasteiger partial charge in [-0.1, -0.05) is 0 Å². The van der Waals surface area contributed by atoms with Crippen LogP contribution in [0.25, 0.3) is 0 Å². The Morgan fingerprint density at radius 1 is 0.179 bits per heavy atom. The van der Waals surface area contributed by atoms with E-state index in [9.17, 15) is 0 Å². The molecule has 0 fully saturated rings. The van der Waals surface area contributed by atoms with E-state index in [0.717, 1.165) is 0 Å². The summed E-state index contributed by atoms with van der Waals surface area (Å²) < 4.78 is 26.9. The molecular weight excluding hydrogens is 872 g/mol. The molecule has 0 aromatic rings. The fraction of sp³-hybridized carbons (Fsp3) is 1.00. The molecule has 0 aliphatic carbocycles. The van der Waals surface area contributed by atoms with Crippen LogP contribution in [-0.4, -0.2) is 81.3 Å². The van der Waals surface area contributed by atoms with Gasteiger partial charge in [0.05, 0.1) is 0 Å². The predicted octanol–water partition coefficient (Wildman–Crippen LogP) is 22.7. The minimum atomic E-state index is -2.87. The molecule has 0 saturated heterocycles. The summed E-state index contributed by atoms with van der Waals surface area (Å²) in [6.07, 6.45) is 62.8. The van der Waals surface area contributed by atoms with Crippen molar-refractivity contribution < 1.29 is 13.3 Å². The molecule has 0 heterocycles. The van der Waals surface area contributed by atoms with Gasteiger partial charge in [-0.05, 0) is 0 Å². The summed E-state index contributed by atoms with van der Waals surface area (Å²) in [5.41, 5.74) is 0. The zero-order valence-corrected chi connectivity index (χ0v) is 51.8. The molecule has 0 radical (unpaired) electrons. The number of rotatable bonds is 54. The van der Waals surface area contributed by atoms with Crippen LogP contribution in [0.15, 0.2) is 0 Å². The molecule has 0 bridgehead atoms. The van der Waals surface area contributed by atoms with E-state index in [-0.39, 0.29) is 0 Å². The van der Waals surface area contributed by atoms with Gasteiger partial charge in [0.2, 0.25) is 0 Å². The van der Waals surface area contributed by atoms with Crippen LogP contribution in [0.2, 0.25) is 0 Å². The second kappa shape index (κ2) is 40.6. The molecule has 408 valence electrons. The van der Waals surface area contributed by atoms with Crippen LogP contribution in [0.5, 0.6) is 0 Å². The molecule has 0 atom stereocenters. The molecule has 0 aromatic heterocycles. The van der Waals surface area contributed by atoms with Gasteiger partial charge in [-0.3, -0.25) is 0 Å². The molecular formula is C60H132BO3P3. The molecule has 0 unspecified atom stereocenters. The van der Waals surface area contributed by atoms with E-state index in [4.69, 9.17) is 13.3 Å². The van der Waals surface area contributed by atoms with E-state index >= 15 is 0 Å². The Morgan fingerprint density at radius 2 is 0.284 bits per heavy atom. The first-order chi connectivity index (χ1) is 32.5. The van der Waals surface area contributed by atoms with Crippen molar-refractivity contribution >= 4 is 27.8 Å². The first-order valence-corrected chi connectivity index (χ1v) is 40.2. The van der Waals surface area contributed by atoms with Gasteiger partial charge in [0.1, 0.15) is 0 Å². The quantitative estimate of drug-likeness (QED) is 0.0345. The molecule has 0 saturated carbocycles. The number of hydrogen-bond acceptors (Lipinski definition) is 3. The zero-order chi connectivity index (χ0) is 50.0. The Morgan fingerprint density at radius 3 is 0.373 bits per heavy atom. The first-order valence-electron chi connectivity index (χ1n) is 31.5. The molecule has 0 N–H and O–H groups in total. The molecule has 0 aromatic carbocycles. The topological polar surface area (TPSA) is 27.7 Å². The van der Waals surface area contributed by atoms with Gasteiger partial charge in [0.15, 0.2) is 0 Å². The second-order valence-electron chi connectivity index (χ2n) is 23.3. The van der Waals surface area contributed by atoms with Gasteiger partial charge in [0, 0.05) is 0 Å². The summed E-state index contributed by atoms with van der Waals surface area (Å²) in [5, 5.41) is 0. The third kappa shape index (κ3) is 26.8. The van der Waals surface area contributed by atoms with Crippen molar-refractivity contribution in [3.05, 3.63) is 0 Å². The molecule has 7 heteroatoms. The van der Waals surface area contributed by atoms with Crippen molar-refractivity contribution in [1.82, 2.24) is 0 Å². The summed E-state index contributed by atoms with van der Waals surface area (Å²) in [7, 11) is -0.488. The van der Waals surface area contributed by atoms with Crippen LogP contribution in [0.4, 0.5) is 0 Å². The van der Waals surface area contributed by atoms with Crippen LogP contribution in [-0.2, 0) is 13.3 Å². The maximum absolute atomic E-state index is 8.98. The first kappa shape index (κ1) is 68.2. The average Bonchev–Trinajstić information content (AvgIpc) is 3.30. The Labute approximate surface area is 427 Å². The number of unbranched alkanes of at least 4 members (excludes halogenated alkanes) is 24. The predicted molar refractivity (Wildman–Crippen MR) is 322 cm³/mol. The van der Waals surface area contributed by atoms with Gasteiger partial charge < -0.3 is 0 Å². The summed E-state index contributed by atoms with van der Waals surface area (Å²) in [4.78, 5) is 0. The van der Waals surface area contributed by atoms with Gasteiger partial charge in [0.25, 0.3) is 0 Å². The van der Waals surface area contributed by atoms with Gasteiger partial charge >= 0.3 is 429 Å². The molecule has 0 rings (SSSR count). The van der Waals surface area contributed by atoms with Crippen molar-refractivity contribution in [3.8, 4) is 0 Å². The Hall–Kier alpha value is 1.23. The van der Waals surface area contributed by atoms with E-state index in [1.807, 2.05) is 0 Å². The molecule has 0 amide bonds. The van der Waals surface area contributed by atoms with Crippen LogP contribution in [0, 0.1) is 0 Å². The third-order valence-electron chi connectivity index (χ3n) is 17.1. The Kier molecular flexibility index (Phi) is 41.3.